The van der Waals surface area contributed by atoms with Gasteiger partial charge in [-0.1, -0.05) is 41.6 Å². The molecule has 7 nitrogen and oxygen atoms in total. The summed E-state index contributed by atoms with van der Waals surface area (Å²) in [5.74, 6) is 0.862. The Kier molecular flexibility index (Phi) is 6.80. The van der Waals surface area contributed by atoms with E-state index in [-0.39, 0.29) is 29.4 Å². The molecule has 2 heterocycles. The summed E-state index contributed by atoms with van der Waals surface area (Å²) in [7, 11) is 0. The SMILES string of the molecule is Cc1cc(NC(=O)CSCC(=O)NC(c2ccccc2)c2ccccn2)no1. The number of hydrogen-bond acceptors (Lipinski definition) is 6. The Balaban J connectivity index is 1.53. The molecule has 1 aromatic carbocycles. The topological polar surface area (TPSA) is 97.1 Å². The molecule has 0 aliphatic heterocycles. The first-order valence-electron chi connectivity index (χ1n) is 8.68. The maximum Gasteiger partial charge on any atom is 0.235 e. The van der Waals surface area contributed by atoms with Gasteiger partial charge in [-0.25, -0.2) is 0 Å². The summed E-state index contributed by atoms with van der Waals surface area (Å²) in [5.41, 5.74) is 1.70. The van der Waals surface area contributed by atoms with E-state index >= 15 is 0 Å². The number of carbonyl (C=O) groups excluding carboxylic acids is 2. The Hall–Kier alpha value is -3.13. The molecule has 2 aromatic heterocycles. The second-order valence-corrected chi connectivity index (χ2v) is 7.02. The summed E-state index contributed by atoms with van der Waals surface area (Å²) in [5, 5.41) is 9.32. The van der Waals surface area contributed by atoms with Gasteiger partial charge in [0, 0.05) is 12.3 Å². The van der Waals surface area contributed by atoms with Gasteiger partial charge in [-0.3, -0.25) is 14.6 Å². The summed E-state index contributed by atoms with van der Waals surface area (Å²) in [4.78, 5) is 28.7. The minimum Gasteiger partial charge on any atom is -0.360 e. The summed E-state index contributed by atoms with van der Waals surface area (Å²) in [6, 6.07) is 16.5. The second kappa shape index (κ2) is 9.70. The molecule has 0 bridgehead atoms. The van der Waals surface area contributed by atoms with Crippen LogP contribution in [0.1, 0.15) is 23.1 Å². The lowest BCUT2D eigenvalue weighted by Gasteiger charge is -2.18. The van der Waals surface area contributed by atoms with Crippen LogP contribution in [0.5, 0.6) is 0 Å². The largest absolute Gasteiger partial charge is 0.360 e. The van der Waals surface area contributed by atoms with Gasteiger partial charge in [-0.05, 0) is 24.6 Å². The predicted molar refractivity (Wildman–Crippen MR) is 108 cm³/mol. The maximum absolute atomic E-state index is 12.4. The molecule has 0 saturated carbocycles. The van der Waals surface area contributed by atoms with E-state index in [1.165, 1.54) is 11.8 Å². The number of anilines is 1. The molecule has 2 amide bonds. The van der Waals surface area contributed by atoms with E-state index in [9.17, 15) is 9.59 Å². The number of rotatable bonds is 8. The van der Waals surface area contributed by atoms with Crippen molar-refractivity contribution < 1.29 is 14.1 Å². The number of amides is 2. The number of thioether (sulfide) groups is 1. The zero-order valence-electron chi connectivity index (χ0n) is 15.3. The second-order valence-electron chi connectivity index (χ2n) is 6.03. The van der Waals surface area contributed by atoms with Gasteiger partial charge >= 0.3 is 0 Å². The fourth-order valence-corrected chi connectivity index (χ4v) is 3.19. The lowest BCUT2D eigenvalue weighted by Crippen LogP contribution is -2.31. The molecule has 0 aliphatic rings. The molecule has 0 spiro atoms. The van der Waals surface area contributed by atoms with Crippen LogP contribution in [0.4, 0.5) is 5.82 Å². The van der Waals surface area contributed by atoms with Crippen LogP contribution in [-0.2, 0) is 9.59 Å². The van der Waals surface area contributed by atoms with E-state index in [1.54, 1.807) is 19.2 Å². The van der Waals surface area contributed by atoms with Crippen LogP contribution in [-0.4, -0.2) is 33.5 Å². The number of aryl methyl sites for hydroxylation is 1. The van der Waals surface area contributed by atoms with Gasteiger partial charge in [-0.2, -0.15) is 0 Å². The van der Waals surface area contributed by atoms with Gasteiger partial charge in [-0.15, -0.1) is 11.8 Å². The van der Waals surface area contributed by atoms with Gasteiger partial charge in [0.05, 0.1) is 23.2 Å². The zero-order valence-corrected chi connectivity index (χ0v) is 16.1. The Labute approximate surface area is 166 Å². The first kappa shape index (κ1) is 19.6. The van der Waals surface area contributed by atoms with Crippen LogP contribution in [0.2, 0.25) is 0 Å². The van der Waals surface area contributed by atoms with Crippen LogP contribution >= 0.6 is 11.8 Å². The Bertz CT molecular complexity index is 876. The summed E-state index contributed by atoms with van der Waals surface area (Å²) in [6.07, 6.45) is 1.70. The number of pyridine rings is 1. The first-order chi connectivity index (χ1) is 13.6. The molecule has 3 rings (SSSR count). The number of nitrogens with zero attached hydrogens (tertiary/aromatic N) is 2. The first-order valence-corrected chi connectivity index (χ1v) is 9.83. The molecule has 1 atom stereocenters. The van der Waals surface area contributed by atoms with Gasteiger partial charge in [0.15, 0.2) is 5.82 Å². The maximum atomic E-state index is 12.4. The van der Waals surface area contributed by atoms with Crippen molar-refractivity contribution in [3.63, 3.8) is 0 Å². The zero-order chi connectivity index (χ0) is 19.8. The van der Waals surface area contributed by atoms with E-state index in [0.717, 1.165) is 11.3 Å². The third-order valence-corrected chi connectivity index (χ3v) is 4.72. The molecule has 3 aromatic rings. The van der Waals surface area contributed by atoms with Crippen molar-refractivity contribution in [2.75, 3.05) is 16.8 Å². The highest BCUT2D eigenvalue weighted by Crippen LogP contribution is 2.20. The van der Waals surface area contributed by atoms with Gasteiger partial charge in [0.2, 0.25) is 11.8 Å². The molecule has 0 fully saturated rings. The quantitative estimate of drug-likeness (QED) is 0.608. The molecule has 1 unspecified atom stereocenters. The van der Waals surface area contributed by atoms with Crippen LogP contribution in [0.3, 0.4) is 0 Å². The van der Waals surface area contributed by atoms with Crippen LogP contribution in [0.15, 0.2) is 65.3 Å². The normalized spacial score (nSPS) is 11.6. The third kappa shape index (κ3) is 5.68. The minimum absolute atomic E-state index is 0.138. The molecule has 2 N–H and O–H groups in total. The summed E-state index contributed by atoms with van der Waals surface area (Å²) < 4.78 is 4.89. The van der Waals surface area contributed by atoms with Crippen LogP contribution in [0.25, 0.3) is 0 Å². The predicted octanol–water partition coefficient (Wildman–Crippen LogP) is 2.96. The Morgan fingerprint density at radius 2 is 1.82 bits per heavy atom. The number of aromatic nitrogens is 2. The number of benzene rings is 1. The van der Waals surface area contributed by atoms with Crippen molar-refractivity contribution in [2.45, 2.75) is 13.0 Å². The Morgan fingerprint density at radius 1 is 1.07 bits per heavy atom. The van der Waals surface area contributed by atoms with E-state index in [2.05, 4.69) is 20.8 Å². The average molecular weight is 396 g/mol. The lowest BCUT2D eigenvalue weighted by atomic mass is 10.0. The molecular weight excluding hydrogens is 376 g/mol. The monoisotopic (exact) mass is 396 g/mol. The van der Waals surface area contributed by atoms with Gasteiger partial charge in [0.1, 0.15) is 5.76 Å². The van der Waals surface area contributed by atoms with E-state index in [4.69, 9.17) is 4.52 Å². The molecule has 28 heavy (non-hydrogen) atoms. The number of nitrogens with one attached hydrogen (secondary N) is 2. The fourth-order valence-electron chi connectivity index (χ4n) is 2.56. The molecule has 0 saturated heterocycles. The smallest absolute Gasteiger partial charge is 0.235 e. The van der Waals surface area contributed by atoms with E-state index < -0.39 is 0 Å². The Morgan fingerprint density at radius 3 is 2.50 bits per heavy atom. The average Bonchev–Trinajstić information content (AvgIpc) is 3.12. The molecule has 8 heteroatoms. The van der Waals surface area contributed by atoms with E-state index in [0.29, 0.717) is 11.6 Å². The number of carbonyl (C=O) groups is 2. The van der Waals surface area contributed by atoms with Crippen molar-refractivity contribution >= 4 is 29.4 Å². The minimum atomic E-state index is -0.345. The van der Waals surface area contributed by atoms with Crippen LogP contribution < -0.4 is 10.6 Å². The van der Waals surface area contributed by atoms with Crippen molar-refractivity contribution in [1.82, 2.24) is 15.5 Å². The summed E-state index contributed by atoms with van der Waals surface area (Å²) in [6.45, 7) is 1.74. The highest BCUT2D eigenvalue weighted by Gasteiger charge is 2.18. The molecule has 0 aliphatic carbocycles. The standard InChI is InChI=1S/C20H20N4O3S/c1-14-11-17(24-27-14)22-18(25)12-28-13-19(26)23-20(15-7-3-2-4-8-15)16-9-5-6-10-21-16/h2-11,20H,12-13H2,1H3,(H,23,26)(H,22,24,25). The van der Waals surface area contributed by atoms with E-state index in [1.807, 2.05) is 48.5 Å². The molecule has 0 radical (unpaired) electrons. The molecule has 144 valence electrons. The summed E-state index contributed by atoms with van der Waals surface area (Å²) >= 11 is 1.22. The fraction of sp³-hybridized carbons (Fsp3) is 0.200. The van der Waals surface area contributed by atoms with Crippen molar-refractivity contribution in [3.8, 4) is 0 Å². The number of hydrogen-bond donors (Lipinski definition) is 2. The van der Waals surface area contributed by atoms with Gasteiger partial charge in [0.25, 0.3) is 0 Å². The van der Waals surface area contributed by atoms with Crippen molar-refractivity contribution in [1.29, 1.82) is 0 Å². The molecular formula is C20H20N4O3S. The van der Waals surface area contributed by atoms with Gasteiger partial charge < -0.3 is 15.2 Å². The lowest BCUT2D eigenvalue weighted by molar-refractivity contribution is -0.119. The highest BCUT2D eigenvalue weighted by atomic mass is 32.2. The van der Waals surface area contributed by atoms with Crippen molar-refractivity contribution in [3.05, 3.63) is 77.8 Å². The highest BCUT2D eigenvalue weighted by molar-refractivity contribution is 8.00. The third-order valence-electron chi connectivity index (χ3n) is 3.78. The van der Waals surface area contributed by atoms with Crippen LogP contribution in [0, 0.1) is 6.92 Å². The van der Waals surface area contributed by atoms with Crippen molar-refractivity contribution in [2.24, 2.45) is 0 Å².